The average Bonchev–Trinajstić information content (AvgIpc) is 2.60. The molecule has 0 aliphatic heterocycles. The molecule has 4 nitrogen and oxygen atoms in total. The van der Waals surface area contributed by atoms with E-state index in [0.717, 1.165) is 10.6 Å². The minimum Gasteiger partial charge on any atom is -0.331 e. The van der Waals surface area contributed by atoms with Crippen molar-refractivity contribution < 1.29 is 18.1 Å². The van der Waals surface area contributed by atoms with E-state index in [4.69, 9.17) is 18.1 Å². The Balaban J connectivity index is 2.56. The summed E-state index contributed by atoms with van der Waals surface area (Å²) < 4.78 is 23.6. The van der Waals surface area contributed by atoms with Crippen molar-refractivity contribution in [2.24, 2.45) is 0 Å². The van der Waals surface area contributed by atoms with Crippen LogP contribution >= 0.6 is 16.8 Å². The third-order valence-corrected chi connectivity index (χ3v) is 6.90. The molecule has 0 N–H and O–H groups in total. The van der Waals surface area contributed by atoms with E-state index in [1.165, 1.54) is 10.8 Å². The number of fused-ring (bicyclic) bond motifs is 1. The predicted octanol–water partition coefficient (Wildman–Crippen LogP) is 4.86. The molecule has 0 fully saturated rings. The van der Waals surface area contributed by atoms with Crippen LogP contribution < -0.4 is 10.6 Å². The van der Waals surface area contributed by atoms with Crippen LogP contribution in [0.25, 0.3) is 10.8 Å². The van der Waals surface area contributed by atoms with Gasteiger partial charge < -0.3 is 18.1 Å². The van der Waals surface area contributed by atoms with E-state index in [1.807, 2.05) is 39.8 Å². The average molecular weight is 368 g/mol. The Hall–Kier alpha value is -0.600. The molecular weight excluding hydrogens is 342 g/mol. The van der Waals surface area contributed by atoms with Gasteiger partial charge in [0.1, 0.15) is 0 Å². The highest BCUT2D eigenvalue weighted by atomic mass is 31.2. The lowest BCUT2D eigenvalue weighted by atomic mass is 10.1. The van der Waals surface area contributed by atoms with Gasteiger partial charge in [-0.3, -0.25) is 0 Å². The Morgan fingerprint density at radius 2 is 0.958 bits per heavy atom. The summed E-state index contributed by atoms with van der Waals surface area (Å²) in [6, 6.07) is 12.6. The maximum atomic E-state index is 5.91. The first kappa shape index (κ1) is 19.7. The van der Waals surface area contributed by atoms with E-state index in [1.54, 1.807) is 0 Å². The quantitative estimate of drug-likeness (QED) is 0.561. The van der Waals surface area contributed by atoms with Crippen molar-refractivity contribution in [2.75, 3.05) is 26.4 Å². The molecule has 0 saturated carbocycles. The van der Waals surface area contributed by atoms with Crippen LogP contribution in [0.1, 0.15) is 27.7 Å². The summed E-state index contributed by atoms with van der Waals surface area (Å²) >= 11 is 0. The second kappa shape index (κ2) is 10.4. The van der Waals surface area contributed by atoms with Gasteiger partial charge in [-0.05, 0) is 50.6 Å². The standard InChI is InChI=1S/C18H26O4P2/c1-5-19-23(20-6-2)17-13-15-11-9-10-12-16(15)14-18(17)24(21-7-3)22-8-4/h9-14H,5-8H2,1-4H3. The minimum atomic E-state index is -1.15. The molecule has 2 aromatic carbocycles. The molecule has 2 aromatic rings. The topological polar surface area (TPSA) is 36.9 Å². The summed E-state index contributed by atoms with van der Waals surface area (Å²) in [5, 5.41) is 4.46. The fourth-order valence-electron chi connectivity index (χ4n) is 2.33. The van der Waals surface area contributed by atoms with Crippen LogP contribution in [0, 0.1) is 0 Å². The number of hydrogen-bond donors (Lipinski definition) is 0. The lowest BCUT2D eigenvalue weighted by molar-refractivity contribution is 0.274. The van der Waals surface area contributed by atoms with Crippen molar-refractivity contribution in [1.29, 1.82) is 0 Å². The SMILES string of the molecule is CCOP(OCC)c1cc2ccccc2cc1P(OCC)OCC. The highest BCUT2D eigenvalue weighted by Gasteiger charge is 2.25. The second-order valence-electron chi connectivity index (χ2n) is 4.87. The second-order valence-corrected chi connectivity index (χ2v) is 7.90. The van der Waals surface area contributed by atoms with Gasteiger partial charge >= 0.3 is 0 Å². The van der Waals surface area contributed by atoms with Crippen molar-refractivity contribution in [3.8, 4) is 0 Å². The molecule has 132 valence electrons. The zero-order valence-corrected chi connectivity index (χ0v) is 16.6. The van der Waals surface area contributed by atoms with E-state index >= 15 is 0 Å². The van der Waals surface area contributed by atoms with Crippen molar-refractivity contribution in [1.82, 2.24) is 0 Å². The molecule has 0 aliphatic carbocycles. The first-order chi connectivity index (χ1) is 11.7. The highest BCUT2D eigenvalue weighted by Crippen LogP contribution is 2.44. The van der Waals surface area contributed by atoms with E-state index in [-0.39, 0.29) is 0 Å². The van der Waals surface area contributed by atoms with Gasteiger partial charge in [0, 0.05) is 10.6 Å². The van der Waals surface area contributed by atoms with Gasteiger partial charge in [0.2, 0.25) is 16.8 Å². The monoisotopic (exact) mass is 368 g/mol. The third-order valence-electron chi connectivity index (χ3n) is 3.22. The van der Waals surface area contributed by atoms with E-state index in [0.29, 0.717) is 26.4 Å². The van der Waals surface area contributed by atoms with E-state index in [2.05, 4.69) is 24.3 Å². The smallest absolute Gasteiger partial charge is 0.205 e. The largest absolute Gasteiger partial charge is 0.331 e. The van der Waals surface area contributed by atoms with Crippen molar-refractivity contribution >= 4 is 38.1 Å². The fourth-order valence-corrected chi connectivity index (χ4v) is 5.46. The number of hydrogen-bond acceptors (Lipinski definition) is 4. The third kappa shape index (κ3) is 4.95. The Morgan fingerprint density at radius 3 is 1.25 bits per heavy atom. The fraction of sp³-hybridized carbons (Fsp3) is 0.444. The molecule has 0 bridgehead atoms. The van der Waals surface area contributed by atoms with Gasteiger partial charge in [0.15, 0.2) is 0 Å². The zero-order chi connectivity index (χ0) is 17.4. The van der Waals surface area contributed by atoms with Gasteiger partial charge in [-0.15, -0.1) is 0 Å². The lowest BCUT2D eigenvalue weighted by Crippen LogP contribution is -2.25. The normalized spacial score (nSPS) is 11.8. The maximum absolute atomic E-state index is 5.91. The number of rotatable bonds is 10. The van der Waals surface area contributed by atoms with Gasteiger partial charge in [0.25, 0.3) is 0 Å². The van der Waals surface area contributed by atoms with Crippen LogP contribution in [0.15, 0.2) is 36.4 Å². The van der Waals surface area contributed by atoms with Crippen LogP contribution in [-0.2, 0) is 18.1 Å². The summed E-state index contributed by atoms with van der Waals surface area (Å²) in [6.45, 7) is 10.4. The molecule has 6 heteroatoms. The summed E-state index contributed by atoms with van der Waals surface area (Å²) in [6.07, 6.45) is 0. The Kier molecular flexibility index (Phi) is 8.55. The molecule has 0 aromatic heterocycles. The minimum absolute atomic E-state index is 0.610. The molecule has 24 heavy (non-hydrogen) atoms. The molecular formula is C18H26O4P2. The first-order valence-electron chi connectivity index (χ1n) is 8.39. The highest BCUT2D eigenvalue weighted by molar-refractivity contribution is 7.63. The summed E-state index contributed by atoms with van der Waals surface area (Å²) in [5.74, 6) is 0. The Labute approximate surface area is 147 Å². The summed E-state index contributed by atoms with van der Waals surface area (Å²) in [7, 11) is -2.30. The molecule has 0 saturated heterocycles. The molecule has 0 spiro atoms. The van der Waals surface area contributed by atoms with Gasteiger partial charge in [0.05, 0.1) is 26.4 Å². The molecule has 0 atom stereocenters. The van der Waals surface area contributed by atoms with Crippen LogP contribution in [0.2, 0.25) is 0 Å². The van der Waals surface area contributed by atoms with Crippen LogP contribution in [0.5, 0.6) is 0 Å². The molecule has 0 radical (unpaired) electrons. The molecule has 2 rings (SSSR count). The summed E-state index contributed by atoms with van der Waals surface area (Å²) in [5.41, 5.74) is 0. The lowest BCUT2D eigenvalue weighted by Gasteiger charge is -2.24. The molecule has 0 heterocycles. The van der Waals surface area contributed by atoms with Crippen LogP contribution in [0.4, 0.5) is 0 Å². The Bertz CT molecular complexity index is 569. The number of benzene rings is 2. The molecule has 0 amide bonds. The molecule has 0 unspecified atom stereocenters. The van der Waals surface area contributed by atoms with Gasteiger partial charge in [-0.25, -0.2) is 0 Å². The van der Waals surface area contributed by atoms with Gasteiger partial charge in [-0.1, -0.05) is 24.3 Å². The van der Waals surface area contributed by atoms with Crippen molar-refractivity contribution in [3.63, 3.8) is 0 Å². The van der Waals surface area contributed by atoms with Crippen molar-refractivity contribution in [2.45, 2.75) is 27.7 Å². The van der Waals surface area contributed by atoms with E-state index < -0.39 is 16.8 Å². The van der Waals surface area contributed by atoms with Gasteiger partial charge in [-0.2, -0.15) is 0 Å². The van der Waals surface area contributed by atoms with Crippen LogP contribution in [-0.4, -0.2) is 26.4 Å². The zero-order valence-electron chi connectivity index (χ0n) is 14.8. The van der Waals surface area contributed by atoms with Crippen molar-refractivity contribution in [3.05, 3.63) is 36.4 Å². The summed E-state index contributed by atoms with van der Waals surface area (Å²) in [4.78, 5) is 0. The van der Waals surface area contributed by atoms with E-state index in [9.17, 15) is 0 Å². The van der Waals surface area contributed by atoms with Crippen LogP contribution in [0.3, 0.4) is 0 Å². The molecule has 0 aliphatic rings. The Morgan fingerprint density at radius 1 is 0.625 bits per heavy atom. The maximum Gasteiger partial charge on any atom is 0.205 e. The predicted molar refractivity (Wildman–Crippen MR) is 104 cm³/mol. The first-order valence-corrected chi connectivity index (χ1v) is 10.7.